The number of allylic oxidation sites excluding steroid dienone is 2. The number of nitro groups is 1. The second-order valence-electron chi connectivity index (χ2n) is 4.85. The van der Waals surface area contributed by atoms with E-state index in [1.807, 2.05) is 0 Å². The third-order valence-electron chi connectivity index (χ3n) is 3.60. The Labute approximate surface area is 127 Å². The van der Waals surface area contributed by atoms with Crippen molar-refractivity contribution < 1.29 is 23.9 Å². The van der Waals surface area contributed by atoms with E-state index in [9.17, 15) is 14.9 Å². The molecule has 1 aliphatic rings. The van der Waals surface area contributed by atoms with Crippen LogP contribution in [0.5, 0.6) is 11.5 Å². The van der Waals surface area contributed by atoms with Gasteiger partial charge in [-0.1, -0.05) is 0 Å². The number of benzene rings is 1. The van der Waals surface area contributed by atoms with Gasteiger partial charge in [0.1, 0.15) is 12.4 Å². The summed E-state index contributed by atoms with van der Waals surface area (Å²) in [4.78, 5) is 22.2. The lowest BCUT2D eigenvalue weighted by molar-refractivity contribution is -0.386. The molecule has 0 amide bonds. The summed E-state index contributed by atoms with van der Waals surface area (Å²) < 4.78 is 15.8. The van der Waals surface area contributed by atoms with Crippen molar-refractivity contribution >= 4 is 11.5 Å². The van der Waals surface area contributed by atoms with Gasteiger partial charge in [-0.3, -0.25) is 14.9 Å². The van der Waals surface area contributed by atoms with Gasteiger partial charge < -0.3 is 14.2 Å². The summed E-state index contributed by atoms with van der Waals surface area (Å²) in [5.41, 5.74) is 0.839. The largest absolute Gasteiger partial charge is 0.493 e. The van der Waals surface area contributed by atoms with Crippen LogP contribution in [0.15, 0.2) is 23.5 Å². The number of ketones is 1. The minimum Gasteiger partial charge on any atom is -0.493 e. The average Bonchev–Trinajstić information content (AvgIpc) is 2.83. The lowest BCUT2D eigenvalue weighted by Gasteiger charge is -2.12. The SMILES string of the molecule is COc1cc(COC2=C(C)C(=O)CC2)c([N+](=O)[O-])cc1OC. The fourth-order valence-corrected chi connectivity index (χ4v) is 2.30. The summed E-state index contributed by atoms with van der Waals surface area (Å²) in [5.74, 6) is 1.31. The molecule has 0 heterocycles. The quantitative estimate of drug-likeness (QED) is 0.593. The normalized spacial score (nSPS) is 14.2. The maximum Gasteiger partial charge on any atom is 0.280 e. The zero-order valence-corrected chi connectivity index (χ0v) is 12.7. The van der Waals surface area contributed by atoms with Crippen LogP contribution < -0.4 is 9.47 Å². The monoisotopic (exact) mass is 307 g/mol. The Bertz CT molecular complexity index is 650. The van der Waals surface area contributed by atoms with Crippen molar-refractivity contribution in [1.29, 1.82) is 0 Å². The van der Waals surface area contributed by atoms with E-state index >= 15 is 0 Å². The van der Waals surface area contributed by atoms with Crippen molar-refractivity contribution in [2.45, 2.75) is 26.4 Å². The van der Waals surface area contributed by atoms with Crippen molar-refractivity contribution in [2.24, 2.45) is 0 Å². The molecule has 1 aliphatic carbocycles. The first kappa shape index (κ1) is 15.8. The fraction of sp³-hybridized carbons (Fsp3) is 0.400. The Kier molecular flexibility index (Phi) is 4.65. The van der Waals surface area contributed by atoms with E-state index in [-0.39, 0.29) is 23.8 Å². The van der Waals surface area contributed by atoms with Crippen molar-refractivity contribution in [1.82, 2.24) is 0 Å². The molecule has 1 aromatic rings. The van der Waals surface area contributed by atoms with Crippen molar-refractivity contribution in [3.05, 3.63) is 39.1 Å². The summed E-state index contributed by atoms with van der Waals surface area (Å²) in [6.07, 6.45) is 0.959. The number of methoxy groups -OCH3 is 2. The summed E-state index contributed by atoms with van der Waals surface area (Å²) in [6.45, 7) is 1.70. The number of carbonyl (C=O) groups is 1. The van der Waals surface area contributed by atoms with Crippen LogP contribution in [-0.4, -0.2) is 24.9 Å². The van der Waals surface area contributed by atoms with E-state index < -0.39 is 4.92 Å². The smallest absolute Gasteiger partial charge is 0.280 e. The highest BCUT2D eigenvalue weighted by Gasteiger charge is 2.23. The van der Waals surface area contributed by atoms with Crippen molar-refractivity contribution in [3.63, 3.8) is 0 Å². The zero-order chi connectivity index (χ0) is 16.3. The van der Waals surface area contributed by atoms with Gasteiger partial charge in [-0.25, -0.2) is 0 Å². The van der Waals surface area contributed by atoms with E-state index in [0.29, 0.717) is 35.5 Å². The number of Topliss-reactive ketones (excluding diaryl/α,β-unsaturated/α-hetero) is 1. The van der Waals surface area contributed by atoms with E-state index in [2.05, 4.69) is 0 Å². The van der Waals surface area contributed by atoms with Crippen LogP contribution in [0, 0.1) is 10.1 Å². The van der Waals surface area contributed by atoms with Gasteiger partial charge in [0, 0.05) is 18.4 Å². The number of carbonyl (C=O) groups excluding carboxylic acids is 1. The minimum atomic E-state index is -0.498. The van der Waals surface area contributed by atoms with E-state index in [0.717, 1.165) is 0 Å². The van der Waals surface area contributed by atoms with Gasteiger partial charge in [-0.2, -0.15) is 0 Å². The molecule has 0 N–H and O–H groups in total. The molecule has 118 valence electrons. The highest BCUT2D eigenvalue weighted by atomic mass is 16.6. The number of hydrogen-bond acceptors (Lipinski definition) is 6. The first-order valence-corrected chi connectivity index (χ1v) is 6.73. The summed E-state index contributed by atoms with van der Waals surface area (Å²) in [6, 6.07) is 2.82. The van der Waals surface area contributed by atoms with Crippen molar-refractivity contribution in [3.8, 4) is 11.5 Å². The molecule has 2 rings (SSSR count). The lowest BCUT2D eigenvalue weighted by Crippen LogP contribution is -2.02. The molecule has 7 heteroatoms. The predicted molar refractivity (Wildman–Crippen MR) is 77.9 cm³/mol. The molecule has 0 fully saturated rings. The second-order valence-corrected chi connectivity index (χ2v) is 4.85. The highest BCUT2D eigenvalue weighted by molar-refractivity contribution is 5.97. The molecule has 0 aliphatic heterocycles. The van der Waals surface area contributed by atoms with Gasteiger partial charge in [0.05, 0.1) is 30.8 Å². The topological polar surface area (TPSA) is 87.9 Å². The minimum absolute atomic E-state index is 0.00335. The molecule has 0 radical (unpaired) electrons. The summed E-state index contributed by atoms with van der Waals surface area (Å²) >= 11 is 0. The van der Waals surface area contributed by atoms with Crippen LogP contribution in [0.1, 0.15) is 25.3 Å². The second kappa shape index (κ2) is 6.46. The van der Waals surface area contributed by atoms with E-state index in [4.69, 9.17) is 14.2 Å². The van der Waals surface area contributed by atoms with Crippen LogP contribution >= 0.6 is 0 Å². The molecule has 1 aromatic carbocycles. The number of rotatable bonds is 6. The number of nitrogens with zero attached hydrogens (tertiary/aromatic N) is 1. The Morgan fingerprint density at radius 1 is 1.18 bits per heavy atom. The molecular formula is C15H17NO6. The van der Waals surface area contributed by atoms with Crippen LogP contribution in [0.4, 0.5) is 5.69 Å². The van der Waals surface area contributed by atoms with Crippen LogP contribution in [0.3, 0.4) is 0 Å². The van der Waals surface area contributed by atoms with E-state index in [1.165, 1.54) is 26.4 Å². The molecule has 0 spiro atoms. The molecule has 0 saturated carbocycles. The number of ether oxygens (including phenoxy) is 3. The third kappa shape index (κ3) is 3.03. The van der Waals surface area contributed by atoms with Gasteiger partial charge in [-0.05, 0) is 13.0 Å². The predicted octanol–water partition coefficient (Wildman–Crippen LogP) is 2.77. The van der Waals surface area contributed by atoms with Crippen LogP contribution in [0.2, 0.25) is 0 Å². The Hall–Kier alpha value is -2.57. The van der Waals surface area contributed by atoms with Gasteiger partial charge in [-0.15, -0.1) is 0 Å². The summed E-state index contributed by atoms with van der Waals surface area (Å²) in [7, 11) is 2.87. The number of nitro benzene ring substituents is 1. The molecule has 22 heavy (non-hydrogen) atoms. The Morgan fingerprint density at radius 3 is 2.32 bits per heavy atom. The molecule has 0 atom stereocenters. The summed E-state index contributed by atoms with van der Waals surface area (Å²) in [5, 5.41) is 11.2. The molecule has 0 bridgehead atoms. The highest BCUT2D eigenvalue weighted by Crippen LogP contribution is 2.35. The van der Waals surface area contributed by atoms with Gasteiger partial charge in [0.15, 0.2) is 17.3 Å². The first-order valence-electron chi connectivity index (χ1n) is 6.73. The fourth-order valence-electron chi connectivity index (χ4n) is 2.30. The molecule has 7 nitrogen and oxygen atoms in total. The standard InChI is InChI=1S/C15H17NO6/c1-9-12(17)4-5-13(9)22-8-10-6-14(20-2)15(21-3)7-11(10)16(18)19/h6-7H,4-5,8H2,1-3H3. The third-order valence-corrected chi connectivity index (χ3v) is 3.60. The molecule has 0 saturated heterocycles. The molecule has 0 unspecified atom stereocenters. The molecule has 0 aromatic heterocycles. The van der Waals surface area contributed by atoms with Gasteiger partial charge in [0.25, 0.3) is 5.69 Å². The zero-order valence-electron chi connectivity index (χ0n) is 12.7. The van der Waals surface area contributed by atoms with Gasteiger partial charge in [0.2, 0.25) is 0 Å². The van der Waals surface area contributed by atoms with Crippen LogP contribution in [0.25, 0.3) is 0 Å². The van der Waals surface area contributed by atoms with Crippen LogP contribution in [-0.2, 0) is 16.1 Å². The van der Waals surface area contributed by atoms with Crippen molar-refractivity contribution in [2.75, 3.05) is 14.2 Å². The first-order chi connectivity index (χ1) is 10.5. The maximum atomic E-state index is 11.5. The lowest BCUT2D eigenvalue weighted by atomic mass is 10.1. The Morgan fingerprint density at radius 2 is 1.82 bits per heavy atom. The van der Waals surface area contributed by atoms with Gasteiger partial charge >= 0.3 is 0 Å². The average molecular weight is 307 g/mol. The number of hydrogen-bond donors (Lipinski definition) is 0. The maximum absolute atomic E-state index is 11.5. The Balaban J connectivity index is 2.29. The molecular weight excluding hydrogens is 290 g/mol. The van der Waals surface area contributed by atoms with E-state index in [1.54, 1.807) is 6.92 Å².